The maximum Gasteiger partial charge on any atom is 0.292 e. The molecule has 0 radical (unpaired) electrons. The molecule has 120 valence electrons. The number of halogens is 1. The number of hydrogen-bond acceptors (Lipinski definition) is 3. The van der Waals surface area contributed by atoms with Gasteiger partial charge in [-0.1, -0.05) is 35.9 Å². The standard InChI is InChI=1S/C17H18ClN3O2/c18-15-7-5-14(6-8-15)13-19-9-11-20(12-10-19)16-3-1-2-4-17(16)21(22)23/h1-8H,9-13H2/p+1. The second-order valence-electron chi connectivity index (χ2n) is 5.79. The third kappa shape index (κ3) is 3.81. The molecule has 0 amide bonds. The monoisotopic (exact) mass is 332 g/mol. The molecule has 0 spiro atoms. The Labute approximate surface area is 140 Å². The predicted octanol–water partition coefficient (Wildman–Crippen LogP) is 2.15. The van der Waals surface area contributed by atoms with E-state index in [0.717, 1.165) is 43.4 Å². The zero-order chi connectivity index (χ0) is 16.2. The number of nitrogens with zero attached hydrogens (tertiary/aromatic N) is 2. The maximum atomic E-state index is 11.2. The highest BCUT2D eigenvalue weighted by molar-refractivity contribution is 6.30. The van der Waals surface area contributed by atoms with E-state index in [4.69, 9.17) is 11.6 Å². The van der Waals surface area contributed by atoms with E-state index in [1.54, 1.807) is 12.1 Å². The zero-order valence-electron chi connectivity index (χ0n) is 12.7. The predicted molar refractivity (Wildman–Crippen MR) is 91.2 cm³/mol. The minimum atomic E-state index is -0.303. The quantitative estimate of drug-likeness (QED) is 0.689. The van der Waals surface area contributed by atoms with Crippen molar-refractivity contribution in [3.63, 3.8) is 0 Å². The number of para-hydroxylation sites is 2. The summed E-state index contributed by atoms with van der Waals surface area (Å²) in [7, 11) is 0. The van der Waals surface area contributed by atoms with Crippen molar-refractivity contribution in [2.75, 3.05) is 31.1 Å². The SMILES string of the molecule is O=[N+]([O-])c1ccccc1N1CC[NH+](Cc2ccc(Cl)cc2)CC1. The number of nitrogens with one attached hydrogen (secondary N) is 1. The summed E-state index contributed by atoms with van der Waals surface area (Å²) < 4.78 is 0. The van der Waals surface area contributed by atoms with E-state index < -0.39 is 0 Å². The Kier molecular flexibility index (Phi) is 4.79. The van der Waals surface area contributed by atoms with Crippen molar-refractivity contribution >= 4 is 23.0 Å². The summed E-state index contributed by atoms with van der Waals surface area (Å²) in [6.07, 6.45) is 0. The largest absolute Gasteiger partial charge is 0.355 e. The van der Waals surface area contributed by atoms with Crippen LogP contribution in [0.3, 0.4) is 0 Å². The number of benzene rings is 2. The van der Waals surface area contributed by atoms with Crippen LogP contribution in [0.5, 0.6) is 0 Å². The Hall–Kier alpha value is -2.11. The molecule has 0 aromatic heterocycles. The fourth-order valence-corrected chi connectivity index (χ4v) is 3.14. The van der Waals surface area contributed by atoms with E-state index in [1.165, 1.54) is 10.5 Å². The molecule has 6 heteroatoms. The van der Waals surface area contributed by atoms with Crippen LogP contribution >= 0.6 is 11.6 Å². The molecule has 2 aromatic carbocycles. The Balaban J connectivity index is 1.62. The first kappa shape index (κ1) is 15.8. The van der Waals surface area contributed by atoms with Gasteiger partial charge in [-0.25, -0.2) is 0 Å². The molecule has 0 aliphatic carbocycles. The summed E-state index contributed by atoms with van der Waals surface area (Å²) >= 11 is 5.91. The van der Waals surface area contributed by atoms with Gasteiger partial charge in [0.05, 0.1) is 31.1 Å². The summed E-state index contributed by atoms with van der Waals surface area (Å²) in [5, 5.41) is 11.9. The minimum Gasteiger partial charge on any atom is -0.355 e. The molecule has 0 bridgehead atoms. The summed E-state index contributed by atoms with van der Waals surface area (Å²) in [6.45, 7) is 4.55. The van der Waals surface area contributed by atoms with Gasteiger partial charge in [-0.05, 0) is 18.2 Å². The van der Waals surface area contributed by atoms with Gasteiger partial charge in [0.25, 0.3) is 5.69 Å². The lowest BCUT2D eigenvalue weighted by atomic mass is 10.2. The molecule has 3 rings (SSSR count). The van der Waals surface area contributed by atoms with Crippen LogP contribution in [0.2, 0.25) is 5.02 Å². The number of rotatable bonds is 4. The van der Waals surface area contributed by atoms with Gasteiger partial charge in [0.1, 0.15) is 12.2 Å². The molecule has 1 aliphatic rings. The van der Waals surface area contributed by atoms with Crippen LogP contribution in [0.15, 0.2) is 48.5 Å². The first-order valence-corrected chi connectivity index (χ1v) is 8.07. The van der Waals surface area contributed by atoms with Crippen molar-refractivity contribution in [3.05, 3.63) is 69.2 Å². The molecule has 0 atom stereocenters. The number of quaternary nitrogens is 1. The summed E-state index contributed by atoms with van der Waals surface area (Å²) in [6, 6.07) is 14.9. The summed E-state index contributed by atoms with van der Waals surface area (Å²) in [5.41, 5.74) is 2.18. The van der Waals surface area contributed by atoms with Crippen LogP contribution < -0.4 is 9.80 Å². The number of nitro groups is 1. The first-order chi connectivity index (χ1) is 11.1. The number of anilines is 1. The average molecular weight is 333 g/mol. The second kappa shape index (κ2) is 6.98. The van der Waals surface area contributed by atoms with Crippen LogP contribution in [-0.4, -0.2) is 31.1 Å². The normalized spacial score (nSPS) is 15.6. The molecule has 1 N–H and O–H groups in total. The second-order valence-corrected chi connectivity index (χ2v) is 6.22. The molecule has 1 heterocycles. The van der Waals surface area contributed by atoms with Crippen molar-refractivity contribution in [1.29, 1.82) is 0 Å². The van der Waals surface area contributed by atoms with Gasteiger partial charge in [-0.15, -0.1) is 0 Å². The van der Waals surface area contributed by atoms with E-state index in [2.05, 4.69) is 17.0 Å². The summed E-state index contributed by atoms with van der Waals surface area (Å²) in [5.74, 6) is 0. The van der Waals surface area contributed by atoms with Crippen LogP contribution in [0.25, 0.3) is 0 Å². The fourth-order valence-electron chi connectivity index (χ4n) is 3.02. The van der Waals surface area contributed by atoms with Crippen LogP contribution in [0, 0.1) is 10.1 Å². The lowest BCUT2D eigenvalue weighted by Gasteiger charge is -2.33. The molecule has 0 unspecified atom stereocenters. The number of nitro benzene ring substituents is 1. The van der Waals surface area contributed by atoms with Crippen molar-refractivity contribution in [2.24, 2.45) is 0 Å². The first-order valence-electron chi connectivity index (χ1n) is 7.70. The van der Waals surface area contributed by atoms with Gasteiger partial charge in [-0.2, -0.15) is 0 Å². The van der Waals surface area contributed by atoms with E-state index in [1.807, 2.05) is 24.3 Å². The molecule has 5 nitrogen and oxygen atoms in total. The third-order valence-corrected chi connectivity index (χ3v) is 4.51. The Morgan fingerprint density at radius 3 is 2.39 bits per heavy atom. The summed E-state index contributed by atoms with van der Waals surface area (Å²) in [4.78, 5) is 14.5. The van der Waals surface area contributed by atoms with Gasteiger partial charge in [0.15, 0.2) is 0 Å². The minimum absolute atomic E-state index is 0.189. The highest BCUT2D eigenvalue weighted by Gasteiger charge is 2.25. The molecular formula is C17H19ClN3O2+. The van der Waals surface area contributed by atoms with Gasteiger partial charge in [-0.3, -0.25) is 10.1 Å². The van der Waals surface area contributed by atoms with Gasteiger partial charge < -0.3 is 9.80 Å². The van der Waals surface area contributed by atoms with E-state index >= 15 is 0 Å². The van der Waals surface area contributed by atoms with Crippen molar-refractivity contribution in [1.82, 2.24) is 0 Å². The van der Waals surface area contributed by atoms with Crippen LogP contribution in [0.1, 0.15) is 5.56 Å². The molecule has 23 heavy (non-hydrogen) atoms. The van der Waals surface area contributed by atoms with E-state index in [0.29, 0.717) is 0 Å². The molecular weight excluding hydrogens is 314 g/mol. The smallest absolute Gasteiger partial charge is 0.292 e. The molecule has 0 saturated carbocycles. The Morgan fingerprint density at radius 1 is 1.09 bits per heavy atom. The third-order valence-electron chi connectivity index (χ3n) is 4.26. The fraction of sp³-hybridized carbons (Fsp3) is 0.294. The van der Waals surface area contributed by atoms with Crippen LogP contribution in [-0.2, 0) is 6.54 Å². The molecule has 2 aromatic rings. The van der Waals surface area contributed by atoms with Crippen LogP contribution in [0.4, 0.5) is 11.4 Å². The van der Waals surface area contributed by atoms with Crippen molar-refractivity contribution in [2.45, 2.75) is 6.54 Å². The van der Waals surface area contributed by atoms with E-state index in [9.17, 15) is 10.1 Å². The highest BCUT2D eigenvalue weighted by Crippen LogP contribution is 2.27. The number of hydrogen-bond donors (Lipinski definition) is 1. The average Bonchev–Trinajstić information content (AvgIpc) is 2.58. The van der Waals surface area contributed by atoms with Gasteiger partial charge >= 0.3 is 0 Å². The van der Waals surface area contributed by atoms with Gasteiger partial charge in [0.2, 0.25) is 0 Å². The molecule has 1 saturated heterocycles. The van der Waals surface area contributed by atoms with Crippen molar-refractivity contribution < 1.29 is 9.82 Å². The number of piperazine rings is 1. The maximum absolute atomic E-state index is 11.2. The lowest BCUT2D eigenvalue weighted by Crippen LogP contribution is -3.13. The topological polar surface area (TPSA) is 50.8 Å². The van der Waals surface area contributed by atoms with E-state index in [-0.39, 0.29) is 10.6 Å². The van der Waals surface area contributed by atoms with Crippen molar-refractivity contribution in [3.8, 4) is 0 Å². The zero-order valence-corrected chi connectivity index (χ0v) is 13.5. The highest BCUT2D eigenvalue weighted by atomic mass is 35.5. The van der Waals surface area contributed by atoms with Gasteiger partial charge in [0, 0.05) is 16.7 Å². The lowest BCUT2D eigenvalue weighted by molar-refractivity contribution is -0.914. The Morgan fingerprint density at radius 2 is 1.74 bits per heavy atom. The molecule has 1 fully saturated rings. The Bertz CT molecular complexity index is 682. The molecule has 1 aliphatic heterocycles.